The average molecular weight is 110 g/mol. The molecular weight excluding hydrogens is 100 g/mol. The third kappa shape index (κ3) is 0.451. The third-order valence-corrected chi connectivity index (χ3v) is 2.01. The van der Waals surface area contributed by atoms with Gasteiger partial charge in [-0.05, 0) is 25.3 Å². The van der Waals surface area contributed by atoms with Crippen LogP contribution >= 0.6 is 0 Å². The van der Waals surface area contributed by atoms with Gasteiger partial charge in [-0.25, -0.2) is 0 Å². The Labute approximate surface area is 49.3 Å². The Morgan fingerprint density at radius 1 is 1.62 bits per heavy atom. The zero-order chi connectivity index (χ0) is 5.56. The molecule has 1 unspecified atom stereocenters. The van der Waals surface area contributed by atoms with Gasteiger partial charge in [0.25, 0.3) is 0 Å². The molecule has 2 aliphatic rings. The summed E-state index contributed by atoms with van der Waals surface area (Å²) in [6.07, 6.45) is 5.74. The van der Waals surface area contributed by atoms with E-state index in [4.69, 9.17) is 4.74 Å². The Bertz CT molecular complexity index is 137. The predicted octanol–water partition coefficient (Wildman–Crippen LogP) is 1.49. The molecule has 2 rings (SSSR count). The molecule has 0 aromatic carbocycles. The summed E-state index contributed by atoms with van der Waals surface area (Å²) in [5.41, 5.74) is 1.45. The van der Waals surface area contributed by atoms with Crippen LogP contribution in [0.2, 0.25) is 0 Å². The molecule has 1 nitrogen and oxygen atoms in total. The molecular formula is C7H10O. The molecule has 0 spiro atoms. The van der Waals surface area contributed by atoms with Gasteiger partial charge in [-0.15, -0.1) is 0 Å². The second kappa shape index (κ2) is 1.35. The van der Waals surface area contributed by atoms with Crippen molar-refractivity contribution < 1.29 is 4.74 Å². The van der Waals surface area contributed by atoms with Crippen LogP contribution in [-0.2, 0) is 4.74 Å². The molecule has 2 heterocycles. The van der Waals surface area contributed by atoms with E-state index in [1.54, 1.807) is 0 Å². The SMILES string of the molecule is CC1=CC2CC[C@@H]1O2. The van der Waals surface area contributed by atoms with Gasteiger partial charge in [0.15, 0.2) is 0 Å². The normalized spacial score (nSPS) is 42.9. The summed E-state index contributed by atoms with van der Waals surface area (Å²) in [6, 6.07) is 0. The van der Waals surface area contributed by atoms with Gasteiger partial charge in [-0.3, -0.25) is 0 Å². The molecule has 8 heavy (non-hydrogen) atoms. The van der Waals surface area contributed by atoms with Gasteiger partial charge in [-0.1, -0.05) is 6.08 Å². The molecule has 0 saturated carbocycles. The summed E-state index contributed by atoms with van der Waals surface area (Å²) >= 11 is 0. The number of hydrogen-bond donors (Lipinski definition) is 0. The first-order chi connectivity index (χ1) is 3.86. The lowest BCUT2D eigenvalue weighted by Gasteiger charge is -2.02. The van der Waals surface area contributed by atoms with Crippen LogP contribution in [-0.4, -0.2) is 12.2 Å². The Morgan fingerprint density at radius 3 is 2.75 bits per heavy atom. The molecule has 0 aromatic heterocycles. The largest absolute Gasteiger partial charge is 0.367 e. The van der Waals surface area contributed by atoms with E-state index in [9.17, 15) is 0 Å². The molecule has 44 valence electrons. The third-order valence-electron chi connectivity index (χ3n) is 2.01. The monoisotopic (exact) mass is 110 g/mol. The van der Waals surface area contributed by atoms with Crippen LogP contribution in [0, 0.1) is 0 Å². The topological polar surface area (TPSA) is 9.23 Å². The van der Waals surface area contributed by atoms with Gasteiger partial charge in [0, 0.05) is 0 Å². The summed E-state index contributed by atoms with van der Waals surface area (Å²) in [5.74, 6) is 0. The van der Waals surface area contributed by atoms with E-state index in [1.807, 2.05) is 0 Å². The minimum atomic E-state index is 0.486. The van der Waals surface area contributed by atoms with E-state index < -0.39 is 0 Å². The van der Waals surface area contributed by atoms with Gasteiger partial charge >= 0.3 is 0 Å². The molecule has 0 N–H and O–H groups in total. The van der Waals surface area contributed by atoms with Crippen molar-refractivity contribution in [1.29, 1.82) is 0 Å². The van der Waals surface area contributed by atoms with Crippen LogP contribution < -0.4 is 0 Å². The van der Waals surface area contributed by atoms with Gasteiger partial charge in [0.2, 0.25) is 0 Å². The first-order valence-electron chi connectivity index (χ1n) is 3.20. The molecule has 2 aliphatic heterocycles. The lowest BCUT2D eigenvalue weighted by atomic mass is 10.0. The summed E-state index contributed by atoms with van der Waals surface area (Å²) in [6.45, 7) is 2.16. The summed E-state index contributed by atoms with van der Waals surface area (Å²) in [5, 5.41) is 0. The van der Waals surface area contributed by atoms with Crippen molar-refractivity contribution in [3.63, 3.8) is 0 Å². The van der Waals surface area contributed by atoms with E-state index >= 15 is 0 Å². The molecule has 2 atom stereocenters. The van der Waals surface area contributed by atoms with E-state index in [2.05, 4.69) is 13.0 Å². The number of fused-ring (bicyclic) bond motifs is 2. The minimum absolute atomic E-state index is 0.486. The molecule has 1 fully saturated rings. The standard InChI is InChI=1S/C7H10O/c1-5-4-6-2-3-7(5)8-6/h4,6-7H,2-3H2,1H3/t6?,7-/m0/s1. The van der Waals surface area contributed by atoms with Crippen LogP contribution in [0.15, 0.2) is 11.6 Å². The van der Waals surface area contributed by atoms with E-state index in [1.165, 1.54) is 18.4 Å². The molecule has 0 aromatic rings. The van der Waals surface area contributed by atoms with Gasteiger partial charge in [0.05, 0.1) is 12.2 Å². The highest BCUT2D eigenvalue weighted by Crippen LogP contribution is 2.32. The quantitative estimate of drug-likeness (QED) is 0.429. The lowest BCUT2D eigenvalue weighted by molar-refractivity contribution is 0.116. The highest BCUT2D eigenvalue weighted by Gasteiger charge is 2.30. The Morgan fingerprint density at radius 2 is 2.50 bits per heavy atom. The second-order valence-electron chi connectivity index (χ2n) is 2.65. The van der Waals surface area contributed by atoms with Crippen molar-refractivity contribution in [3.05, 3.63) is 11.6 Å². The maximum atomic E-state index is 5.49. The Kier molecular flexibility index (Phi) is 0.770. The zero-order valence-corrected chi connectivity index (χ0v) is 5.05. The van der Waals surface area contributed by atoms with Crippen LogP contribution in [0.1, 0.15) is 19.8 Å². The summed E-state index contributed by atoms with van der Waals surface area (Å²) < 4.78 is 5.49. The molecule has 0 radical (unpaired) electrons. The maximum absolute atomic E-state index is 5.49. The number of ether oxygens (including phenoxy) is 1. The summed E-state index contributed by atoms with van der Waals surface area (Å²) in [7, 11) is 0. The van der Waals surface area contributed by atoms with Crippen LogP contribution in [0.5, 0.6) is 0 Å². The fourth-order valence-electron chi connectivity index (χ4n) is 1.52. The zero-order valence-electron chi connectivity index (χ0n) is 5.05. The van der Waals surface area contributed by atoms with Crippen molar-refractivity contribution in [1.82, 2.24) is 0 Å². The van der Waals surface area contributed by atoms with Crippen LogP contribution in [0.25, 0.3) is 0 Å². The highest BCUT2D eigenvalue weighted by molar-refractivity contribution is 5.17. The van der Waals surface area contributed by atoms with Gasteiger partial charge < -0.3 is 4.74 Å². The number of rotatable bonds is 0. The van der Waals surface area contributed by atoms with Crippen LogP contribution in [0.3, 0.4) is 0 Å². The summed E-state index contributed by atoms with van der Waals surface area (Å²) in [4.78, 5) is 0. The lowest BCUT2D eigenvalue weighted by Crippen LogP contribution is -2.00. The maximum Gasteiger partial charge on any atom is 0.0792 e. The van der Waals surface area contributed by atoms with Crippen molar-refractivity contribution in [2.45, 2.75) is 32.0 Å². The Balaban J connectivity index is 2.29. The van der Waals surface area contributed by atoms with Crippen LogP contribution in [0.4, 0.5) is 0 Å². The molecule has 0 amide bonds. The smallest absolute Gasteiger partial charge is 0.0792 e. The Hall–Kier alpha value is -0.300. The van der Waals surface area contributed by atoms with E-state index in [0.29, 0.717) is 12.2 Å². The van der Waals surface area contributed by atoms with E-state index in [-0.39, 0.29) is 0 Å². The van der Waals surface area contributed by atoms with Crippen molar-refractivity contribution in [2.75, 3.05) is 0 Å². The fraction of sp³-hybridized carbons (Fsp3) is 0.714. The molecule has 1 heteroatoms. The first-order valence-corrected chi connectivity index (χ1v) is 3.20. The average Bonchev–Trinajstić information content (AvgIpc) is 2.23. The van der Waals surface area contributed by atoms with E-state index in [0.717, 1.165) is 0 Å². The first kappa shape index (κ1) is 4.57. The highest BCUT2D eigenvalue weighted by atomic mass is 16.5. The second-order valence-corrected chi connectivity index (χ2v) is 2.65. The van der Waals surface area contributed by atoms with Crippen molar-refractivity contribution >= 4 is 0 Å². The minimum Gasteiger partial charge on any atom is -0.367 e. The predicted molar refractivity (Wildman–Crippen MR) is 31.7 cm³/mol. The van der Waals surface area contributed by atoms with Crippen molar-refractivity contribution in [3.8, 4) is 0 Å². The van der Waals surface area contributed by atoms with Gasteiger partial charge in [0.1, 0.15) is 0 Å². The van der Waals surface area contributed by atoms with Crippen molar-refractivity contribution in [2.24, 2.45) is 0 Å². The molecule has 0 aliphatic carbocycles. The molecule has 2 bridgehead atoms. The molecule has 1 saturated heterocycles. The van der Waals surface area contributed by atoms with Gasteiger partial charge in [-0.2, -0.15) is 0 Å². The number of hydrogen-bond acceptors (Lipinski definition) is 1. The fourth-order valence-corrected chi connectivity index (χ4v) is 1.52.